The molecule has 3 aromatic heterocycles. The number of aromatic nitrogens is 6. The second-order valence-electron chi connectivity index (χ2n) is 7.56. The molecule has 4 heterocycles. The maximum Gasteiger partial charge on any atom is 0.303 e. The Labute approximate surface area is 183 Å². The van der Waals surface area contributed by atoms with E-state index in [-0.39, 0.29) is 18.9 Å². The van der Waals surface area contributed by atoms with E-state index in [0.717, 1.165) is 11.3 Å². The monoisotopic (exact) mass is 435 g/mol. The molecule has 1 aliphatic rings. The van der Waals surface area contributed by atoms with Gasteiger partial charge in [-0.05, 0) is 6.07 Å². The molecule has 0 atom stereocenters. The van der Waals surface area contributed by atoms with Crippen LogP contribution >= 0.6 is 0 Å². The molecule has 1 aliphatic heterocycles. The van der Waals surface area contributed by atoms with E-state index in [4.69, 9.17) is 4.74 Å². The van der Waals surface area contributed by atoms with Gasteiger partial charge in [-0.1, -0.05) is 0 Å². The molecule has 12 heteroatoms. The number of amides is 1. The Morgan fingerprint density at radius 3 is 2.78 bits per heavy atom. The zero-order valence-corrected chi connectivity index (χ0v) is 17.6. The van der Waals surface area contributed by atoms with Gasteiger partial charge < -0.3 is 15.0 Å². The lowest BCUT2D eigenvalue weighted by molar-refractivity contribution is -0.156. The second kappa shape index (κ2) is 8.46. The third-order valence-electron chi connectivity index (χ3n) is 5.11. The third kappa shape index (κ3) is 4.27. The predicted octanol–water partition coefficient (Wildman–Crippen LogP) is 0.831. The average Bonchev–Trinajstić information content (AvgIpc) is 3.38. The number of hydrogen-bond acceptors (Lipinski definition) is 9. The molecule has 0 saturated carbocycles. The van der Waals surface area contributed by atoms with Gasteiger partial charge in [-0.15, -0.1) is 0 Å². The van der Waals surface area contributed by atoms with Gasteiger partial charge in [0.05, 0.1) is 36.3 Å². The summed E-state index contributed by atoms with van der Waals surface area (Å²) in [4.78, 5) is 33.4. The maximum atomic E-state index is 12.2. The first-order valence-corrected chi connectivity index (χ1v) is 9.81. The number of nitrogens with zero attached hydrogens (tertiary/aromatic N) is 8. The molecule has 0 aromatic carbocycles. The van der Waals surface area contributed by atoms with Crippen LogP contribution in [0.2, 0.25) is 0 Å². The Morgan fingerprint density at radius 2 is 2.09 bits per heavy atom. The minimum absolute atomic E-state index is 0.184. The van der Waals surface area contributed by atoms with E-state index in [1.165, 1.54) is 6.92 Å². The van der Waals surface area contributed by atoms with E-state index in [9.17, 15) is 14.9 Å². The van der Waals surface area contributed by atoms with Crippen LogP contribution in [0.15, 0.2) is 37.1 Å². The molecule has 1 N–H and O–H groups in total. The molecule has 1 saturated heterocycles. The van der Waals surface area contributed by atoms with Crippen LogP contribution in [0.1, 0.15) is 13.3 Å². The van der Waals surface area contributed by atoms with E-state index >= 15 is 0 Å². The first-order chi connectivity index (χ1) is 15.4. The van der Waals surface area contributed by atoms with Gasteiger partial charge in [0, 0.05) is 51.2 Å². The summed E-state index contributed by atoms with van der Waals surface area (Å²) < 4.78 is 8.14. The predicted molar refractivity (Wildman–Crippen MR) is 111 cm³/mol. The van der Waals surface area contributed by atoms with Crippen molar-refractivity contribution in [2.24, 2.45) is 7.05 Å². The number of aryl methyl sites for hydroxylation is 1. The molecule has 1 amide bonds. The SMILES string of the molecule is CC(=O)OCC(=O)N1CC(CC#N)(n2cc(-c3ccnc(Nc4cnn(C)c4)n3)cn2)C1. The molecule has 3 aromatic rings. The average molecular weight is 435 g/mol. The summed E-state index contributed by atoms with van der Waals surface area (Å²) in [6.45, 7) is 1.55. The van der Waals surface area contributed by atoms with Crippen LogP contribution in [0.5, 0.6) is 0 Å². The highest BCUT2D eigenvalue weighted by Gasteiger charge is 2.47. The summed E-state index contributed by atoms with van der Waals surface area (Å²) in [5, 5.41) is 21.0. The van der Waals surface area contributed by atoms with E-state index in [0.29, 0.717) is 24.7 Å². The Hall–Kier alpha value is -4.27. The lowest BCUT2D eigenvalue weighted by atomic mass is 9.86. The van der Waals surface area contributed by atoms with E-state index < -0.39 is 11.5 Å². The van der Waals surface area contributed by atoms with Gasteiger partial charge >= 0.3 is 5.97 Å². The Morgan fingerprint density at radius 1 is 1.28 bits per heavy atom. The van der Waals surface area contributed by atoms with Crippen molar-refractivity contribution < 1.29 is 14.3 Å². The number of hydrogen-bond donors (Lipinski definition) is 1. The van der Waals surface area contributed by atoms with Gasteiger partial charge in [-0.25, -0.2) is 9.97 Å². The van der Waals surface area contributed by atoms with E-state index in [1.807, 2.05) is 13.2 Å². The topological polar surface area (TPSA) is 144 Å². The Balaban J connectivity index is 1.49. The zero-order valence-electron chi connectivity index (χ0n) is 17.6. The molecule has 0 unspecified atom stereocenters. The van der Waals surface area contributed by atoms with Crippen molar-refractivity contribution in [2.75, 3.05) is 25.0 Å². The van der Waals surface area contributed by atoms with Crippen molar-refractivity contribution in [1.82, 2.24) is 34.4 Å². The minimum Gasteiger partial charge on any atom is -0.456 e. The van der Waals surface area contributed by atoms with Gasteiger partial charge in [0.1, 0.15) is 5.54 Å². The molecule has 4 rings (SSSR count). The summed E-state index contributed by atoms with van der Waals surface area (Å²) in [5.74, 6) is -0.398. The number of esters is 1. The van der Waals surface area contributed by atoms with Gasteiger partial charge in [-0.2, -0.15) is 15.5 Å². The number of anilines is 2. The van der Waals surface area contributed by atoms with Crippen LogP contribution in [0.4, 0.5) is 11.6 Å². The van der Waals surface area contributed by atoms with Crippen molar-refractivity contribution in [2.45, 2.75) is 18.9 Å². The third-order valence-corrected chi connectivity index (χ3v) is 5.11. The fraction of sp³-hybridized carbons (Fsp3) is 0.350. The van der Waals surface area contributed by atoms with Crippen molar-refractivity contribution in [3.8, 4) is 17.3 Å². The molecule has 164 valence electrons. The van der Waals surface area contributed by atoms with E-state index in [1.54, 1.807) is 45.1 Å². The summed E-state index contributed by atoms with van der Waals surface area (Å²) in [6, 6.07) is 3.94. The molecule has 0 spiro atoms. The molecular formula is C20H21N9O3. The largest absolute Gasteiger partial charge is 0.456 e. The number of likely N-dealkylation sites (tertiary alicyclic amines) is 1. The number of ether oxygens (including phenoxy) is 1. The normalized spacial score (nSPS) is 14.3. The Kier molecular flexibility index (Phi) is 5.55. The molecule has 0 radical (unpaired) electrons. The van der Waals surface area contributed by atoms with Gasteiger partial charge in [-0.3, -0.25) is 19.0 Å². The van der Waals surface area contributed by atoms with Gasteiger partial charge in [0.15, 0.2) is 6.61 Å². The van der Waals surface area contributed by atoms with Crippen LogP contribution in [0, 0.1) is 11.3 Å². The van der Waals surface area contributed by atoms with Crippen LogP contribution in [-0.4, -0.2) is 66.0 Å². The lowest BCUT2D eigenvalue weighted by Crippen LogP contribution is -2.64. The number of nitrogens with one attached hydrogen (secondary N) is 1. The van der Waals surface area contributed by atoms with Crippen molar-refractivity contribution in [1.29, 1.82) is 5.26 Å². The highest BCUT2D eigenvalue weighted by molar-refractivity contribution is 5.81. The van der Waals surface area contributed by atoms with E-state index in [2.05, 4.69) is 31.6 Å². The summed E-state index contributed by atoms with van der Waals surface area (Å²) in [7, 11) is 1.82. The van der Waals surface area contributed by atoms with Crippen molar-refractivity contribution in [3.63, 3.8) is 0 Å². The number of carbonyl (C=O) groups is 2. The summed E-state index contributed by atoms with van der Waals surface area (Å²) in [5.41, 5.74) is 1.54. The molecular weight excluding hydrogens is 414 g/mol. The van der Waals surface area contributed by atoms with Crippen LogP contribution < -0.4 is 5.32 Å². The lowest BCUT2D eigenvalue weighted by Gasteiger charge is -2.48. The molecule has 0 bridgehead atoms. The standard InChI is InChI=1S/C20H21N9O3/c1-14(30)32-11-18(31)28-12-20(13-28,4-5-21)29-9-15(7-24-29)17-3-6-22-19(26-17)25-16-8-23-27(2)10-16/h3,6-10H,4,11-13H2,1-2H3,(H,22,25,26). The highest BCUT2D eigenvalue weighted by atomic mass is 16.5. The number of nitriles is 1. The number of rotatable bonds is 7. The molecule has 0 aliphatic carbocycles. The van der Waals surface area contributed by atoms with Crippen molar-refractivity contribution in [3.05, 3.63) is 37.1 Å². The zero-order chi connectivity index (χ0) is 22.7. The molecule has 1 fully saturated rings. The second-order valence-corrected chi connectivity index (χ2v) is 7.56. The summed E-state index contributed by atoms with van der Waals surface area (Å²) >= 11 is 0. The van der Waals surface area contributed by atoms with Crippen molar-refractivity contribution >= 4 is 23.5 Å². The summed E-state index contributed by atoms with van der Waals surface area (Å²) in [6.07, 6.45) is 8.78. The maximum absolute atomic E-state index is 12.2. The fourth-order valence-electron chi connectivity index (χ4n) is 3.49. The quantitative estimate of drug-likeness (QED) is 0.534. The fourth-order valence-corrected chi connectivity index (χ4v) is 3.49. The van der Waals surface area contributed by atoms with Gasteiger partial charge in [0.25, 0.3) is 5.91 Å². The molecule has 32 heavy (non-hydrogen) atoms. The van der Waals surface area contributed by atoms with Gasteiger partial charge in [0.2, 0.25) is 5.95 Å². The first kappa shape index (κ1) is 21.0. The Bertz CT molecular complexity index is 1190. The van der Waals surface area contributed by atoms with Crippen LogP contribution in [-0.2, 0) is 26.9 Å². The number of carbonyl (C=O) groups excluding carboxylic acids is 2. The van der Waals surface area contributed by atoms with Crippen LogP contribution in [0.25, 0.3) is 11.3 Å². The first-order valence-electron chi connectivity index (χ1n) is 9.81. The minimum atomic E-state index is -0.636. The highest BCUT2D eigenvalue weighted by Crippen LogP contribution is 2.33. The smallest absolute Gasteiger partial charge is 0.303 e. The molecule has 12 nitrogen and oxygen atoms in total. The van der Waals surface area contributed by atoms with Crippen LogP contribution in [0.3, 0.4) is 0 Å².